The topological polar surface area (TPSA) is 26.0 Å². The van der Waals surface area contributed by atoms with Crippen LogP contribution in [0.3, 0.4) is 0 Å². The highest BCUT2D eigenvalue weighted by molar-refractivity contribution is 7.98. The molecule has 0 amide bonds. The maximum absolute atomic E-state index is 13.1. The minimum Gasteiger partial charge on any atom is -0.326 e. The highest BCUT2D eigenvalue weighted by Crippen LogP contribution is 2.25. The molecule has 0 fully saturated rings. The lowest BCUT2D eigenvalue weighted by Gasteiger charge is -2.06. The van der Waals surface area contributed by atoms with Crippen molar-refractivity contribution in [3.05, 3.63) is 65.0 Å². The van der Waals surface area contributed by atoms with Crippen molar-refractivity contribution in [2.24, 2.45) is 5.73 Å². The van der Waals surface area contributed by atoms with E-state index in [0.717, 1.165) is 22.4 Å². The van der Waals surface area contributed by atoms with E-state index >= 15 is 0 Å². The summed E-state index contributed by atoms with van der Waals surface area (Å²) in [6, 6.07) is 13.1. The van der Waals surface area contributed by atoms with Gasteiger partial charge in [0.1, 0.15) is 5.82 Å². The molecule has 0 unspecified atom stereocenters. The van der Waals surface area contributed by atoms with Crippen molar-refractivity contribution < 1.29 is 4.39 Å². The minimum atomic E-state index is -0.172. The normalized spacial score (nSPS) is 10.6. The first-order valence-electron chi connectivity index (χ1n) is 5.86. The summed E-state index contributed by atoms with van der Waals surface area (Å²) in [7, 11) is 0. The van der Waals surface area contributed by atoms with Gasteiger partial charge in [0.2, 0.25) is 0 Å². The summed E-state index contributed by atoms with van der Waals surface area (Å²) in [6.07, 6.45) is 0. The molecule has 0 bridgehead atoms. The van der Waals surface area contributed by atoms with Crippen LogP contribution in [-0.2, 0) is 12.3 Å². The van der Waals surface area contributed by atoms with Gasteiger partial charge < -0.3 is 5.73 Å². The Morgan fingerprint density at radius 3 is 2.50 bits per heavy atom. The Hall–Kier alpha value is -1.32. The molecule has 0 spiro atoms. The highest BCUT2D eigenvalue weighted by atomic mass is 32.2. The molecule has 0 aliphatic heterocycles. The molecule has 0 aliphatic rings. The molecule has 0 atom stereocenters. The van der Waals surface area contributed by atoms with Crippen LogP contribution in [0, 0.1) is 12.7 Å². The summed E-state index contributed by atoms with van der Waals surface area (Å²) in [4.78, 5) is 1.18. The summed E-state index contributed by atoms with van der Waals surface area (Å²) in [5.74, 6) is 0.612. The van der Waals surface area contributed by atoms with E-state index in [2.05, 4.69) is 12.1 Å². The lowest BCUT2D eigenvalue weighted by atomic mass is 10.1. The van der Waals surface area contributed by atoms with Crippen molar-refractivity contribution in [2.75, 3.05) is 0 Å². The molecule has 0 aromatic heterocycles. The third-order valence-electron chi connectivity index (χ3n) is 2.86. The predicted octanol–water partition coefficient (Wildman–Crippen LogP) is 3.89. The highest BCUT2D eigenvalue weighted by Gasteiger charge is 2.02. The Bertz CT molecular complexity index is 523. The number of nitrogens with two attached hydrogens (primary N) is 1. The molecule has 94 valence electrons. The Balaban J connectivity index is 2.04. The lowest BCUT2D eigenvalue weighted by Crippen LogP contribution is -1.95. The number of hydrogen-bond acceptors (Lipinski definition) is 2. The summed E-state index contributed by atoms with van der Waals surface area (Å²) >= 11 is 1.71. The molecule has 2 rings (SSSR count). The van der Waals surface area contributed by atoms with Gasteiger partial charge >= 0.3 is 0 Å². The predicted molar refractivity (Wildman–Crippen MR) is 75.0 cm³/mol. The monoisotopic (exact) mass is 261 g/mol. The van der Waals surface area contributed by atoms with Crippen LogP contribution in [0.4, 0.5) is 4.39 Å². The molecule has 1 nitrogen and oxygen atoms in total. The van der Waals surface area contributed by atoms with Gasteiger partial charge in [-0.25, -0.2) is 4.39 Å². The third kappa shape index (κ3) is 3.34. The van der Waals surface area contributed by atoms with E-state index in [4.69, 9.17) is 5.73 Å². The van der Waals surface area contributed by atoms with E-state index in [0.29, 0.717) is 6.54 Å². The maximum atomic E-state index is 13.1. The van der Waals surface area contributed by atoms with E-state index in [9.17, 15) is 4.39 Å². The van der Waals surface area contributed by atoms with Crippen molar-refractivity contribution in [3.63, 3.8) is 0 Å². The van der Waals surface area contributed by atoms with Gasteiger partial charge in [0.05, 0.1) is 0 Å². The first kappa shape index (κ1) is 13.1. The van der Waals surface area contributed by atoms with Gasteiger partial charge in [-0.05, 0) is 47.9 Å². The Labute approximate surface area is 111 Å². The van der Waals surface area contributed by atoms with E-state index in [-0.39, 0.29) is 5.82 Å². The van der Waals surface area contributed by atoms with Crippen LogP contribution < -0.4 is 5.73 Å². The summed E-state index contributed by atoms with van der Waals surface area (Å²) in [6.45, 7) is 2.57. The van der Waals surface area contributed by atoms with Gasteiger partial charge in [-0.3, -0.25) is 0 Å². The van der Waals surface area contributed by atoms with Gasteiger partial charge in [-0.2, -0.15) is 0 Å². The van der Waals surface area contributed by atoms with Crippen LogP contribution in [-0.4, -0.2) is 0 Å². The molecular formula is C15H16FNS. The van der Waals surface area contributed by atoms with E-state index in [1.807, 2.05) is 25.1 Å². The van der Waals surface area contributed by atoms with E-state index in [1.165, 1.54) is 11.0 Å². The van der Waals surface area contributed by atoms with Crippen LogP contribution in [0.2, 0.25) is 0 Å². The second-order valence-electron chi connectivity index (χ2n) is 4.21. The van der Waals surface area contributed by atoms with Crippen molar-refractivity contribution in [1.82, 2.24) is 0 Å². The van der Waals surface area contributed by atoms with Gasteiger partial charge in [0.25, 0.3) is 0 Å². The van der Waals surface area contributed by atoms with Crippen LogP contribution in [0.5, 0.6) is 0 Å². The number of hydrogen-bond donors (Lipinski definition) is 1. The molecular weight excluding hydrogens is 245 g/mol. The molecule has 2 aromatic carbocycles. The zero-order chi connectivity index (χ0) is 13.0. The van der Waals surface area contributed by atoms with E-state index < -0.39 is 0 Å². The standard InChI is InChI=1S/C15H16FNS/c1-11-2-5-14(16)8-13(11)10-18-15-6-3-12(9-17)4-7-15/h2-8H,9-10,17H2,1H3. The van der Waals surface area contributed by atoms with Gasteiger partial charge in [-0.15, -0.1) is 11.8 Å². The maximum Gasteiger partial charge on any atom is 0.123 e. The van der Waals surface area contributed by atoms with Gasteiger partial charge in [0, 0.05) is 17.2 Å². The average molecular weight is 261 g/mol. The van der Waals surface area contributed by atoms with Crippen LogP contribution in [0.1, 0.15) is 16.7 Å². The molecule has 18 heavy (non-hydrogen) atoms. The second-order valence-corrected chi connectivity index (χ2v) is 5.26. The Morgan fingerprint density at radius 1 is 1.11 bits per heavy atom. The Kier molecular flexibility index (Phi) is 4.39. The fourth-order valence-corrected chi connectivity index (χ4v) is 2.64. The molecule has 0 saturated heterocycles. The van der Waals surface area contributed by atoms with Crippen LogP contribution >= 0.6 is 11.8 Å². The van der Waals surface area contributed by atoms with Gasteiger partial charge in [0.15, 0.2) is 0 Å². The summed E-state index contributed by atoms with van der Waals surface area (Å²) in [5, 5.41) is 0. The first-order valence-corrected chi connectivity index (χ1v) is 6.84. The molecule has 2 N–H and O–H groups in total. The number of thioether (sulfide) groups is 1. The first-order chi connectivity index (χ1) is 8.69. The molecule has 0 heterocycles. The molecule has 0 saturated carbocycles. The van der Waals surface area contributed by atoms with Crippen molar-refractivity contribution in [3.8, 4) is 0 Å². The molecule has 3 heteroatoms. The molecule has 2 aromatic rings. The van der Waals surface area contributed by atoms with Crippen molar-refractivity contribution >= 4 is 11.8 Å². The number of halogens is 1. The number of aryl methyl sites for hydroxylation is 1. The minimum absolute atomic E-state index is 0.172. The van der Waals surface area contributed by atoms with Gasteiger partial charge in [-0.1, -0.05) is 18.2 Å². The summed E-state index contributed by atoms with van der Waals surface area (Å²) < 4.78 is 13.1. The Morgan fingerprint density at radius 2 is 1.83 bits per heavy atom. The summed E-state index contributed by atoms with van der Waals surface area (Å²) in [5.41, 5.74) is 8.85. The second kappa shape index (κ2) is 6.03. The van der Waals surface area contributed by atoms with Crippen molar-refractivity contribution in [2.45, 2.75) is 24.1 Å². The molecule has 0 radical (unpaired) electrons. The quantitative estimate of drug-likeness (QED) is 0.845. The number of rotatable bonds is 4. The van der Waals surface area contributed by atoms with Crippen molar-refractivity contribution in [1.29, 1.82) is 0 Å². The smallest absolute Gasteiger partial charge is 0.123 e. The SMILES string of the molecule is Cc1ccc(F)cc1CSc1ccc(CN)cc1. The largest absolute Gasteiger partial charge is 0.326 e. The van der Waals surface area contributed by atoms with E-state index in [1.54, 1.807) is 17.8 Å². The number of benzene rings is 2. The zero-order valence-electron chi connectivity index (χ0n) is 10.3. The lowest BCUT2D eigenvalue weighted by molar-refractivity contribution is 0.626. The van der Waals surface area contributed by atoms with Crippen LogP contribution in [0.15, 0.2) is 47.4 Å². The fraction of sp³-hybridized carbons (Fsp3) is 0.200. The van der Waals surface area contributed by atoms with Crippen LogP contribution in [0.25, 0.3) is 0 Å². The molecule has 0 aliphatic carbocycles. The zero-order valence-corrected chi connectivity index (χ0v) is 11.1. The third-order valence-corrected chi connectivity index (χ3v) is 3.93. The average Bonchev–Trinajstić information content (AvgIpc) is 2.40. The fourth-order valence-electron chi connectivity index (χ4n) is 1.68.